The Kier molecular flexibility index (Phi) is 6.20. The van der Waals surface area contributed by atoms with Crippen LogP contribution in [0, 0.1) is 30.0 Å². The van der Waals surface area contributed by atoms with Crippen molar-refractivity contribution in [3.8, 4) is 6.07 Å². The average Bonchev–Trinajstić information content (AvgIpc) is 3.48. The first-order valence-electron chi connectivity index (χ1n) is 9.97. The molecule has 2 N–H and O–H groups in total. The normalized spacial score (nSPS) is 13.2. The molecule has 160 valence electrons. The molecule has 1 aliphatic carbocycles. The SMILES string of the molecule is Cc1cc(Br)ccc1Nc1c(C(=O)NOCC2CC2)cc2c(ncn2CCC#N)c1F. The van der Waals surface area contributed by atoms with Gasteiger partial charge in [0, 0.05) is 16.7 Å². The van der Waals surface area contributed by atoms with Crippen molar-refractivity contribution < 1.29 is 14.0 Å². The number of hydroxylamine groups is 1. The van der Waals surface area contributed by atoms with Crippen LogP contribution in [0.25, 0.3) is 11.0 Å². The van der Waals surface area contributed by atoms with Crippen molar-refractivity contribution in [1.82, 2.24) is 15.0 Å². The van der Waals surface area contributed by atoms with Crippen LogP contribution in [0.15, 0.2) is 35.1 Å². The molecule has 1 heterocycles. The first kappa shape index (κ1) is 21.3. The Balaban J connectivity index is 1.74. The van der Waals surface area contributed by atoms with Gasteiger partial charge >= 0.3 is 0 Å². The third-order valence-electron chi connectivity index (χ3n) is 5.19. The van der Waals surface area contributed by atoms with E-state index < -0.39 is 11.7 Å². The second kappa shape index (κ2) is 9.04. The van der Waals surface area contributed by atoms with Gasteiger partial charge in [0.1, 0.15) is 5.52 Å². The van der Waals surface area contributed by atoms with E-state index >= 15 is 4.39 Å². The number of fused-ring (bicyclic) bond motifs is 1. The number of halogens is 2. The number of hydrogen-bond donors (Lipinski definition) is 2. The maximum Gasteiger partial charge on any atom is 0.277 e. The lowest BCUT2D eigenvalue weighted by Gasteiger charge is -2.16. The zero-order chi connectivity index (χ0) is 22.0. The molecule has 0 unspecified atom stereocenters. The molecule has 1 saturated carbocycles. The summed E-state index contributed by atoms with van der Waals surface area (Å²) in [7, 11) is 0. The van der Waals surface area contributed by atoms with E-state index in [2.05, 4.69) is 37.8 Å². The molecule has 1 amide bonds. The van der Waals surface area contributed by atoms with Crippen LogP contribution in [0.3, 0.4) is 0 Å². The van der Waals surface area contributed by atoms with E-state index in [9.17, 15) is 4.79 Å². The van der Waals surface area contributed by atoms with Crippen LogP contribution in [-0.4, -0.2) is 22.1 Å². The molecule has 1 fully saturated rings. The van der Waals surface area contributed by atoms with Crippen LogP contribution in [-0.2, 0) is 11.4 Å². The number of aryl methyl sites for hydroxylation is 2. The summed E-state index contributed by atoms with van der Waals surface area (Å²) in [5.74, 6) is -0.718. The molecule has 9 heteroatoms. The lowest BCUT2D eigenvalue weighted by Crippen LogP contribution is -2.26. The van der Waals surface area contributed by atoms with E-state index in [1.165, 1.54) is 6.33 Å². The fourth-order valence-electron chi connectivity index (χ4n) is 3.27. The maximum absolute atomic E-state index is 15.5. The van der Waals surface area contributed by atoms with Crippen molar-refractivity contribution in [2.75, 3.05) is 11.9 Å². The van der Waals surface area contributed by atoms with Crippen molar-refractivity contribution in [3.05, 3.63) is 52.0 Å². The smallest absolute Gasteiger partial charge is 0.277 e. The van der Waals surface area contributed by atoms with Crippen LogP contribution in [0.5, 0.6) is 0 Å². The van der Waals surface area contributed by atoms with Gasteiger partial charge in [0.2, 0.25) is 0 Å². The topological polar surface area (TPSA) is 92.0 Å². The number of rotatable bonds is 8. The van der Waals surface area contributed by atoms with E-state index in [0.29, 0.717) is 30.3 Å². The predicted octanol–water partition coefficient (Wildman–Crippen LogP) is 4.98. The van der Waals surface area contributed by atoms with Crippen molar-refractivity contribution in [1.29, 1.82) is 5.26 Å². The molecule has 7 nitrogen and oxygen atoms in total. The highest BCUT2D eigenvalue weighted by atomic mass is 79.9. The van der Waals surface area contributed by atoms with E-state index in [1.54, 1.807) is 16.7 Å². The molecule has 2 aromatic carbocycles. The summed E-state index contributed by atoms with van der Waals surface area (Å²) in [5, 5.41) is 11.9. The lowest BCUT2D eigenvalue weighted by atomic mass is 10.1. The molecule has 4 rings (SSSR count). The number of benzene rings is 2. The first-order chi connectivity index (χ1) is 15.0. The van der Waals surface area contributed by atoms with Crippen LogP contribution >= 0.6 is 15.9 Å². The summed E-state index contributed by atoms with van der Waals surface area (Å²) in [6.45, 7) is 2.67. The summed E-state index contributed by atoms with van der Waals surface area (Å²) in [5.41, 5.74) is 4.67. The fraction of sp³-hybridized carbons (Fsp3) is 0.318. The zero-order valence-electron chi connectivity index (χ0n) is 16.9. The largest absolute Gasteiger partial charge is 0.352 e. The van der Waals surface area contributed by atoms with Gasteiger partial charge in [0.25, 0.3) is 5.91 Å². The summed E-state index contributed by atoms with van der Waals surface area (Å²) in [6.07, 6.45) is 3.90. The quantitative estimate of drug-likeness (QED) is 0.439. The van der Waals surface area contributed by atoms with Gasteiger partial charge in [0.15, 0.2) is 5.82 Å². The summed E-state index contributed by atoms with van der Waals surface area (Å²) in [4.78, 5) is 22.4. The Hall–Kier alpha value is -2.96. The second-order valence-electron chi connectivity index (χ2n) is 7.60. The number of amides is 1. The summed E-state index contributed by atoms with van der Waals surface area (Å²) in [6, 6.07) is 9.18. The van der Waals surface area contributed by atoms with E-state index in [-0.39, 0.29) is 23.2 Å². The van der Waals surface area contributed by atoms with Gasteiger partial charge in [0.05, 0.1) is 42.2 Å². The van der Waals surface area contributed by atoms with Crippen molar-refractivity contribution in [2.45, 2.75) is 32.7 Å². The highest BCUT2D eigenvalue weighted by molar-refractivity contribution is 9.10. The van der Waals surface area contributed by atoms with Gasteiger partial charge in [-0.05, 0) is 55.5 Å². The van der Waals surface area contributed by atoms with Gasteiger partial charge in [-0.3, -0.25) is 9.63 Å². The lowest BCUT2D eigenvalue weighted by molar-refractivity contribution is 0.0271. The molecule has 3 aromatic rings. The Labute approximate surface area is 187 Å². The average molecular weight is 486 g/mol. The minimum absolute atomic E-state index is 0.0241. The van der Waals surface area contributed by atoms with Gasteiger partial charge < -0.3 is 9.88 Å². The van der Waals surface area contributed by atoms with Crippen LogP contribution in [0.1, 0.15) is 35.2 Å². The van der Waals surface area contributed by atoms with Crippen molar-refractivity contribution in [2.24, 2.45) is 5.92 Å². The number of hydrogen-bond acceptors (Lipinski definition) is 5. The van der Waals surface area contributed by atoms with Gasteiger partial charge in [-0.2, -0.15) is 5.26 Å². The number of carbonyl (C=O) groups excluding carboxylic acids is 1. The molecular formula is C22H21BrFN5O2. The monoisotopic (exact) mass is 485 g/mol. The molecule has 0 atom stereocenters. The van der Waals surface area contributed by atoms with Crippen LogP contribution in [0.4, 0.5) is 15.8 Å². The third kappa shape index (κ3) is 4.70. The van der Waals surface area contributed by atoms with E-state index in [1.807, 2.05) is 19.1 Å². The molecule has 0 bridgehead atoms. The molecule has 0 radical (unpaired) electrons. The van der Waals surface area contributed by atoms with Gasteiger partial charge in [-0.25, -0.2) is 14.9 Å². The maximum atomic E-state index is 15.5. The highest BCUT2D eigenvalue weighted by Gasteiger charge is 2.24. The third-order valence-corrected chi connectivity index (χ3v) is 5.69. The van der Waals surface area contributed by atoms with Gasteiger partial charge in [-0.15, -0.1) is 0 Å². The van der Waals surface area contributed by atoms with Gasteiger partial charge in [-0.1, -0.05) is 15.9 Å². The standard InChI is InChI=1S/C22H21BrFN5O2/c1-13-9-15(23)5-6-17(13)27-20-16(22(30)28-31-11-14-3-4-14)10-18-21(19(20)24)26-12-29(18)8-2-7-25/h5-6,9-10,12,14,27H,2-4,8,11H2,1H3,(H,28,30). The predicted molar refractivity (Wildman–Crippen MR) is 118 cm³/mol. The first-order valence-corrected chi connectivity index (χ1v) is 10.8. The van der Waals surface area contributed by atoms with Crippen LogP contribution in [0.2, 0.25) is 0 Å². The number of anilines is 2. The van der Waals surface area contributed by atoms with Crippen LogP contribution < -0.4 is 10.8 Å². The molecule has 0 spiro atoms. The molecule has 0 saturated heterocycles. The Morgan fingerprint density at radius 1 is 1.42 bits per heavy atom. The Morgan fingerprint density at radius 3 is 2.94 bits per heavy atom. The number of imidazole rings is 1. The Bertz CT molecular complexity index is 1180. The van der Waals surface area contributed by atoms with E-state index in [0.717, 1.165) is 22.9 Å². The molecule has 31 heavy (non-hydrogen) atoms. The number of aromatic nitrogens is 2. The fourth-order valence-corrected chi connectivity index (χ4v) is 3.75. The summed E-state index contributed by atoms with van der Waals surface area (Å²) >= 11 is 3.42. The molecule has 1 aliphatic rings. The zero-order valence-corrected chi connectivity index (χ0v) is 18.5. The second-order valence-corrected chi connectivity index (χ2v) is 8.51. The highest BCUT2D eigenvalue weighted by Crippen LogP contribution is 2.33. The number of carbonyl (C=O) groups is 1. The van der Waals surface area contributed by atoms with E-state index in [4.69, 9.17) is 10.1 Å². The molecular weight excluding hydrogens is 465 g/mol. The number of nitrogens with zero attached hydrogens (tertiary/aromatic N) is 3. The Morgan fingerprint density at radius 2 is 2.23 bits per heavy atom. The molecule has 0 aliphatic heterocycles. The number of nitriles is 1. The van der Waals surface area contributed by atoms with Crippen molar-refractivity contribution >= 4 is 44.2 Å². The minimum atomic E-state index is -0.636. The molecule has 1 aromatic heterocycles. The van der Waals surface area contributed by atoms with Crippen molar-refractivity contribution in [3.63, 3.8) is 0 Å². The number of nitrogens with one attached hydrogen (secondary N) is 2. The minimum Gasteiger partial charge on any atom is -0.352 e. The summed E-state index contributed by atoms with van der Waals surface area (Å²) < 4.78 is 18.1.